The van der Waals surface area contributed by atoms with Crippen LogP contribution in [-0.4, -0.2) is 11.0 Å². The Balaban J connectivity index is 1.73. The van der Waals surface area contributed by atoms with Crippen molar-refractivity contribution >= 4 is 0 Å². The topological polar surface area (TPSA) is 51.2 Å². The third kappa shape index (κ3) is 3.47. The van der Waals surface area contributed by atoms with Crippen molar-refractivity contribution in [2.75, 3.05) is 0 Å². The van der Waals surface area contributed by atoms with Crippen molar-refractivity contribution in [3.63, 3.8) is 0 Å². The molecule has 4 heteroatoms. The zero-order valence-electron chi connectivity index (χ0n) is 11.2. The van der Waals surface area contributed by atoms with Crippen LogP contribution in [0.3, 0.4) is 0 Å². The summed E-state index contributed by atoms with van der Waals surface area (Å²) < 4.78 is 10.8. The number of hydrogen-bond donors (Lipinski definition) is 1. The van der Waals surface area contributed by atoms with E-state index in [1.54, 1.807) is 6.26 Å². The number of aromatic nitrogens is 1. The first kappa shape index (κ1) is 12.9. The van der Waals surface area contributed by atoms with Gasteiger partial charge in [-0.25, -0.2) is 4.98 Å². The van der Waals surface area contributed by atoms with Gasteiger partial charge in [0.15, 0.2) is 0 Å². The normalized spacial score (nSPS) is 12.8. The van der Waals surface area contributed by atoms with E-state index < -0.39 is 0 Å². The van der Waals surface area contributed by atoms with Gasteiger partial charge < -0.3 is 14.2 Å². The second-order valence-corrected chi connectivity index (χ2v) is 4.65. The van der Waals surface area contributed by atoms with Crippen LogP contribution in [0.2, 0.25) is 0 Å². The van der Waals surface area contributed by atoms with Crippen molar-refractivity contribution in [2.45, 2.75) is 46.2 Å². The molecule has 2 heterocycles. The highest BCUT2D eigenvalue weighted by Gasteiger charge is 2.08. The van der Waals surface area contributed by atoms with Gasteiger partial charge in [-0.3, -0.25) is 0 Å². The summed E-state index contributed by atoms with van der Waals surface area (Å²) in [6, 6.07) is 4.34. The highest BCUT2D eigenvalue weighted by atomic mass is 16.4. The van der Waals surface area contributed by atoms with Crippen LogP contribution in [0.5, 0.6) is 0 Å². The number of rotatable bonds is 6. The molecule has 1 unspecified atom stereocenters. The van der Waals surface area contributed by atoms with Crippen molar-refractivity contribution in [2.24, 2.45) is 0 Å². The van der Waals surface area contributed by atoms with E-state index in [-0.39, 0.29) is 0 Å². The molecule has 0 amide bonds. The van der Waals surface area contributed by atoms with Crippen molar-refractivity contribution in [1.29, 1.82) is 0 Å². The van der Waals surface area contributed by atoms with E-state index in [0.717, 1.165) is 35.9 Å². The monoisotopic (exact) mass is 248 g/mol. The molecule has 0 aliphatic heterocycles. The molecule has 4 nitrogen and oxygen atoms in total. The molecular formula is C14H20N2O2. The zero-order chi connectivity index (χ0) is 13.0. The molecule has 0 radical (unpaired) electrons. The molecule has 0 bridgehead atoms. The van der Waals surface area contributed by atoms with E-state index in [1.807, 2.05) is 26.0 Å². The van der Waals surface area contributed by atoms with E-state index in [0.29, 0.717) is 12.6 Å². The Morgan fingerprint density at radius 3 is 2.83 bits per heavy atom. The predicted octanol–water partition coefficient (Wildman–Crippen LogP) is 3.00. The third-order valence-electron chi connectivity index (χ3n) is 3.08. The molecule has 0 aliphatic carbocycles. The molecule has 0 aliphatic rings. The van der Waals surface area contributed by atoms with E-state index in [4.69, 9.17) is 8.83 Å². The zero-order valence-corrected chi connectivity index (χ0v) is 11.2. The van der Waals surface area contributed by atoms with Gasteiger partial charge in [0, 0.05) is 12.5 Å². The highest BCUT2D eigenvalue weighted by Crippen LogP contribution is 2.09. The van der Waals surface area contributed by atoms with Crippen LogP contribution in [0.1, 0.15) is 36.4 Å². The standard InChI is InChI=1S/C14H20N2O2/c1-10(6-7-13-5-4-8-17-13)15-9-14-16-11(2)12(3)18-14/h4-5,8,10,15H,6-7,9H2,1-3H3. The van der Waals surface area contributed by atoms with Crippen molar-refractivity contribution in [1.82, 2.24) is 10.3 Å². The van der Waals surface area contributed by atoms with Gasteiger partial charge in [-0.05, 0) is 39.3 Å². The van der Waals surface area contributed by atoms with E-state index in [2.05, 4.69) is 17.2 Å². The van der Waals surface area contributed by atoms with Gasteiger partial charge in [-0.1, -0.05) is 0 Å². The van der Waals surface area contributed by atoms with Crippen molar-refractivity contribution in [3.05, 3.63) is 41.5 Å². The second-order valence-electron chi connectivity index (χ2n) is 4.65. The molecule has 18 heavy (non-hydrogen) atoms. The summed E-state index contributed by atoms with van der Waals surface area (Å²) in [5, 5.41) is 3.40. The molecular weight excluding hydrogens is 228 g/mol. The van der Waals surface area contributed by atoms with E-state index in [1.165, 1.54) is 0 Å². The average molecular weight is 248 g/mol. The summed E-state index contributed by atoms with van der Waals surface area (Å²) in [6.07, 6.45) is 3.70. The fraction of sp³-hybridized carbons (Fsp3) is 0.500. The first-order valence-electron chi connectivity index (χ1n) is 6.34. The fourth-order valence-electron chi connectivity index (χ4n) is 1.79. The number of oxazole rings is 1. The Bertz CT molecular complexity index is 454. The summed E-state index contributed by atoms with van der Waals surface area (Å²) in [5.41, 5.74) is 0.968. The smallest absolute Gasteiger partial charge is 0.208 e. The van der Waals surface area contributed by atoms with Crippen LogP contribution in [0.15, 0.2) is 27.2 Å². The maximum absolute atomic E-state index is 5.52. The maximum atomic E-state index is 5.52. The van der Waals surface area contributed by atoms with Gasteiger partial charge in [0.05, 0.1) is 18.5 Å². The first-order chi connectivity index (χ1) is 8.65. The van der Waals surface area contributed by atoms with Gasteiger partial charge in [-0.2, -0.15) is 0 Å². The molecule has 2 rings (SSSR count). The molecule has 0 fully saturated rings. The van der Waals surface area contributed by atoms with Gasteiger partial charge in [0.1, 0.15) is 11.5 Å². The Labute approximate surface area is 107 Å². The summed E-state index contributed by atoms with van der Waals surface area (Å²) in [6.45, 7) is 6.73. The first-order valence-corrected chi connectivity index (χ1v) is 6.34. The molecule has 2 aromatic rings. The SMILES string of the molecule is Cc1nc(CNC(C)CCc2ccco2)oc1C. The summed E-state index contributed by atoms with van der Waals surface area (Å²) in [7, 11) is 0. The minimum Gasteiger partial charge on any atom is -0.469 e. The fourth-order valence-corrected chi connectivity index (χ4v) is 1.79. The Kier molecular flexibility index (Phi) is 4.20. The minimum atomic E-state index is 0.405. The Morgan fingerprint density at radius 2 is 2.22 bits per heavy atom. The third-order valence-corrected chi connectivity index (χ3v) is 3.08. The van der Waals surface area contributed by atoms with Crippen molar-refractivity contribution < 1.29 is 8.83 Å². The van der Waals surface area contributed by atoms with Gasteiger partial charge >= 0.3 is 0 Å². The van der Waals surface area contributed by atoms with Crippen LogP contribution in [0.4, 0.5) is 0 Å². The molecule has 1 atom stereocenters. The van der Waals surface area contributed by atoms with Crippen molar-refractivity contribution in [3.8, 4) is 0 Å². The number of nitrogens with one attached hydrogen (secondary N) is 1. The van der Waals surface area contributed by atoms with Gasteiger partial charge in [0.2, 0.25) is 5.89 Å². The number of aryl methyl sites for hydroxylation is 3. The summed E-state index contributed by atoms with van der Waals surface area (Å²) in [5.74, 6) is 2.69. The molecule has 98 valence electrons. The van der Waals surface area contributed by atoms with Gasteiger partial charge in [0.25, 0.3) is 0 Å². The summed E-state index contributed by atoms with van der Waals surface area (Å²) in [4.78, 5) is 4.34. The predicted molar refractivity (Wildman–Crippen MR) is 69.3 cm³/mol. The molecule has 0 saturated carbocycles. The Hall–Kier alpha value is -1.55. The molecule has 0 aromatic carbocycles. The van der Waals surface area contributed by atoms with E-state index >= 15 is 0 Å². The largest absolute Gasteiger partial charge is 0.469 e. The van der Waals surface area contributed by atoms with Crippen LogP contribution in [0.25, 0.3) is 0 Å². The molecule has 1 N–H and O–H groups in total. The lowest BCUT2D eigenvalue weighted by Gasteiger charge is -2.11. The minimum absolute atomic E-state index is 0.405. The number of nitrogens with zero attached hydrogens (tertiary/aromatic N) is 1. The second kappa shape index (κ2) is 5.87. The van der Waals surface area contributed by atoms with Crippen LogP contribution in [0, 0.1) is 13.8 Å². The quantitative estimate of drug-likeness (QED) is 0.853. The van der Waals surface area contributed by atoms with Crippen LogP contribution in [-0.2, 0) is 13.0 Å². The lowest BCUT2D eigenvalue weighted by molar-refractivity contribution is 0.412. The molecule has 0 saturated heterocycles. The number of furan rings is 1. The highest BCUT2D eigenvalue weighted by molar-refractivity contribution is 5.05. The lowest BCUT2D eigenvalue weighted by Crippen LogP contribution is -2.26. The number of hydrogen-bond acceptors (Lipinski definition) is 4. The maximum Gasteiger partial charge on any atom is 0.208 e. The summed E-state index contributed by atoms with van der Waals surface area (Å²) >= 11 is 0. The molecule has 2 aromatic heterocycles. The Morgan fingerprint density at radius 1 is 1.39 bits per heavy atom. The van der Waals surface area contributed by atoms with Gasteiger partial charge in [-0.15, -0.1) is 0 Å². The molecule has 0 spiro atoms. The lowest BCUT2D eigenvalue weighted by atomic mass is 10.1. The average Bonchev–Trinajstić information content (AvgIpc) is 2.95. The van der Waals surface area contributed by atoms with Crippen LogP contribution >= 0.6 is 0 Å². The van der Waals surface area contributed by atoms with E-state index in [9.17, 15) is 0 Å². The van der Waals surface area contributed by atoms with Crippen LogP contribution < -0.4 is 5.32 Å².